The number of carbonyl (C=O) groups is 3. The number of hydrogen-bond acceptors (Lipinski definition) is 4. The number of carboxylic acid groups (broad SMARTS) is 1. The van der Waals surface area contributed by atoms with Gasteiger partial charge >= 0.3 is 12.1 Å². The van der Waals surface area contributed by atoms with Crippen molar-refractivity contribution in [3.8, 4) is 11.1 Å². The lowest BCUT2D eigenvalue weighted by Gasteiger charge is -2.20. The summed E-state index contributed by atoms with van der Waals surface area (Å²) in [4.78, 5) is 35.9. The third-order valence-corrected chi connectivity index (χ3v) is 6.85. The smallest absolute Gasteiger partial charge is 0.407 e. The number of amides is 2. The van der Waals surface area contributed by atoms with Gasteiger partial charge in [-0.3, -0.25) is 9.59 Å². The molecular formula is C26H30N2O5. The molecule has 0 bridgehead atoms. The van der Waals surface area contributed by atoms with Crippen LogP contribution in [-0.2, 0) is 14.3 Å². The zero-order valence-corrected chi connectivity index (χ0v) is 18.8. The molecule has 2 aromatic rings. The first-order valence-corrected chi connectivity index (χ1v) is 11.5. The first kappa shape index (κ1) is 22.8. The predicted octanol–water partition coefficient (Wildman–Crippen LogP) is 3.78. The van der Waals surface area contributed by atoms with Crippen molar-refractivity contribution in [1.29, 1.82) is 0 Å². The van der Waals surface area contributed by atoms with Crippen LogP contribution in [0.3, 0.4) is 0 Å². The summed E-state index contributed by atoms with van der Waals surface area (Å²) in [6, 6.07) is 16.4. The lowest BCUT2D eigenvalue weighted by atomic mass is 9.95. The number of carbonyl (C=O) groups excluding carboxylic acids is 2. The second-order valence-electron chi connectivity index (χ2n) is 8.99. The third-order valence-electron chi connectivity index (χ3n) is 6.85. The number of aliphatic carboxylic acids is 1. The Kier molecular flexibility index (Phi) is 6.96. The molecule has 0 aromatic heterocycles. The minimum Gasteiger partial charge on any atom is -0.481 e. The number of benzene rings is 2. The van der Waals surface area contributed by atoms with Gasteiger partial charge in [0.1, 0.15) is 6.61 Å². The number of alkyl carbamates (subject to hydrolysis) is 1. The van der Waals surface area contributed by atoms with Crippen molar-refractivity contribution in [2.24, 2.45) is 17.8 Å². The molecule has 2 aliphatic rings. The summed E-state index contributed by atoms with van der Waals surface area (Å²) in [5.41, 5.74) is 4.68. The van der Waals surface area contributed by atoms with Gasteiger partial charge in [-0.15, -0.1) is 0 Å². The van der Waals surface area contributed by atoms with E-state index in [1.807, 2.05) is 24.3 Å². The molecule has 33 heavy (non-hydrogen) atoms. The van der Waals surface area contributed by atoms with Crippen molar-refractivity contribution < 1.29 is 24.2 Å². The highest BCUT2D eigenvalue weighted by molar-refractivity contribution is 5.80. The Morgan fingerprint density at radius 2 is 1.64 bits per heavy atom. The molecule has 3 N–H and O–H groups in total. The Hall–Kier alpha value is -3.35. The Labute approximate surface area is 193 Å². The largest absolute Gasteiger partial charge is 0.481 e. The van der Waals surface area contributed by atoms with Crippen LogP contribution >= 0.6 is 0 Å². The van der Waals surface area contributed by atoms with Crippen LogP contribution in [0.25, 0.3) is 11.1 Å². The van der Waals surface area contributed by atoms with Crippen LogP contribution in [0.2, 0.25) is 0 Å². The summed E-state index contributed by atoms with van der Waals surface area (Å²) >= 11 is 0. The Balaban J connectivity index is 1.28. The fourth-order valence-corrected chi connectivity index (χ4v) is 4.96. The fraction of sp³-hybridized carbons (Fsp3) is 0.423. The molecule has 0 radical (unpaired) electrons. The normalized spacial score (nSPS) is 19.9. The average molecular weight is 451 g/mol. The van der Waals surface area contributed by atoms with Gasteiger partial charge in [-0.1, -0.05) is 61.9 Å². The monoisotopic (exact) mass is 450 g/mol. The van der Waals surface area contributed by atoms with E-state index in [1.54, 1.807) is 6.92 Å². The van der Waals surface area contributed by atoms with E-state index in [4.69, 9.17) is 9.84 Å². The van der Waals surface area contributed by atoms with E-state index in [0.717, 1.165) is 30.4 Å². The molecule has 7 heteroatoms. The number of nitrogens with one attached hydrogen (secondary N) is 2. The number of hydrogen-bond donors (Lipinski definition) is 3. The zero-order chi connectivity index (χ0) is 23.4. The predicted molar refractivity (Wildman–Crippen MR) is 124 cm³/mol. The molecule has 174 valence electrons. The van der Waals surface area contributed by atoms with Gasteiger partial charge < -0.3 is 20.5 Å². The average Bonchev–Trinajstić information content (AvgIpc) is 3.42. The summed E-state index contributed by atoms with van der Waals surface area (Å²) in [7, 11) is 0. The molecule has 4 rings (SSSR count). The maximum absolute atomic E-state index is 12.5. The van der Waals surface area contributed by atoms with Crippen molar-refractivity contribution in [3.05, 3.63) is 59.7 Å². The molecule has 1 saturated carbocycles. The van der Waals surface area contributed by atoms with E-state index in [2.05, 4.69) is 34.9 Å². The van der Waals surface area contributed by atoms with Gasteiger partial charge in [0, 0.05) is 24.9 Å². The van der Waals surface area contributed by atoms with Crippen LogP contribution < -0.4 is 10.6 Å². The molecule has 7 nitrogen and oxygen atoms in total. The van der Waals surface area contributed by atoms with Crippen LogP contribution in [-0.4, -0.2) is 42.8 Å². The summed E-state index contributed by atoms with van der Waals surface area (Å²) in [5.74, 6) is -1.90. The van der Waals surface area contributed by atoms with Gasteiger partial charge in [0.05, 0.1) is 5.92 Å². The third kappa shape index (κ3) is 5.02. The molecule has 0 aliphatic heterocycles. The van der Waals surface area contributed by atoms with Crippen molar-refractivity contribution >= 4 is 18.0 Å². The first-order valence-electron chi connectivity index (χ1n) is 11.5. The molecule has 0 saturated heterocycles. The summed E-state index contributed by atoms with van der Waals surface area (Å²) in [5, 5.41) is 14.6. The maximum Gasteiger partial charge on any atom is 0.407 e. The molecule has 2 aliphatic carbocycles. The lowest BCUT2D eigenvalue weighted by Crippen LogP contribution is -2.40. The van der Waals surface area contributed by atoms with Crippen molar-refractivity contribution in [3.63, 3.8) is 0 Å². The van der Waals surface area contributed by atoms with E-state index in [1.165, 1.54) is 11.1 Å². The Morgan fingerprint density at radius 3 is 2.27 bits per heavy atom. The first-order chi connectivity index (χ1) is 16.0. The van der Waals surface area contributed by atoms with Gasteiger partial charge in [0.15, 0.2) is 0 Å². The van der Waals surface area contributed by atoms with Crippen LogP contribution in [0.5, 0.6) is 0 Å². The van der Waals surface area contributed by atoms with Crippen LogP contribution in [0.15, 0.2) is 48.5 Å². The van der Waals surface area contributed by atoms with Gasteiger partial charge in [-0.2, -0.15) is 0 Å². The molecular weight excluding hydrogens is 420 g/mol. The van der Waals surface area contributed by atoms with Crippen LogP contribution in [0.4, 0.5) is 4.79 Å². The zero-order valence-electron chi connectivity index (χ0n) is 18.8. The minimum absolute atomic E-state index is 0.00406. The van der Waals surface area contributed by atoms with Crippen LogP contribution in [0.1, 0.15) is 43.2 Å². The van der Waals surface area contributed by atoms with E-state index >= 15 is 0 Å². The number of carboxylic acids is 1. The molecule has 0 heterocycles. The van der Waals surface area contributed by atoms with Gasteiger partial charge in [-0.05, 0) is 41.0 Å². The highest BCUT2D eigenvalue weighted by Crippen LogP contribution is 2.44. The quantitative estimate of drug-likeness (QED) is 0.568. The molecule has 0 spiro atoms. The maximum atomic E-state index is 12.5. The second-order valence-corrected chi connectivity index (χ2v) is 8.99. The number of ether oxygens (including phenoxy) is 1. The summed E-state index contributed by atoms with van der Waals surface area (Å²) in [6.45, 7) is 2.29. The molecule has 1 unspecified atom stereocenters. The summed E-state index contributed by atoms with van der Waals surface area (Å²) in [6.07, 6.45) is 2.01. The van der Waals surface area contributed by atoms with E-state index in [0.29, 0.717) is 6.54 Å². The van der Waals surface area contributed by atoms with Crippen molar-refractivity contribution in [2.75, 3.05) is 19.7 Å². The molecule has 3 atom stereocenters. The summed E-state index contributed by atoms with van der Waals surface area (Å²) < 4.78 is 5.58. The Bertz CT molecular complexity index is 991. The van der Waals surface area contributed by atoms with Crippen LogP contribution in [0, 0.1) is 17.8 Å². The lowest BCUT2D eigenvalue weighted by molar-refractivity contribution is -0.141. The standard InChI is InChI=1S/C26H30N2O5/c1-16(25(30)31)13-27-24(29)18-12-6-7-17(18)14-28-26(32)33-15-23-21-10-4-2-8-19(21)20-9-3-5-11-22(20)23/h2-5,8-11,16-18,23H,6-7,12-15H2,1H3,(H,27,29)(H,28,32)(H,30,31)/t16?,17-,18-/m1/s1. The Morgan fingerprint density at radius 1 is 1.00 bits per heavy atom. The SMILES string of the molecule is CC(CNC(=O)[C@@H]1CCC[C@@H]1CNC(=O)OCC1c2ccccc2-c2ccccc21)C(=O)O. The number of fused-ring (bicyclic) bond motifs is 3. The van der Waals surface area contributed by atoms with Crippen molar-refractivity contribution in [1.82, 2.24) is 10.6 Å². The highest BCUT2D eigenvalue weighted by atomic mass is 16.5. The van der Waals surface area contributed by atoms with Gasteiger partial charge in [0.2, 0.25) is 5.91 Å². The highest BCUT2D eigenvalue weighted by Gasteiger charge is 2.34. The molecule has 2 amide bonds. The fourth-order valence-electron chi connectivity index (χ4n) is 4.96. The van der Waals surface area contributed by atoms with E-state index < -0.39 is 18.0 Å². The molecule has 1 fully saturated rings. The van der Waals surface area contributed by atoms with E-state index in [9.17, 15) is 14.4 Å². The second kappa shape index (κ2) is 10.1. The van der Waals surface area contributed by atoms with Crippen molar-refractivity contribution in [2.45, 2.75) is 32.1 Å². The minimum atomic E-state index is -0.935. The topological polar surface area (TPSA) is 105 Å². The van der Waals surface area contributed by atoms with Gasteiger partial charge in [-0.25, -0.2) is 4.79 Å². The van der Waals surface area contributed by atoms with Gasteiger partial charge in [0.25, 0.3) is 0 Å². The molecule has 2 aromatic carbocycles. The number of rotatable bonds is 8. The van der Waals surface area contributed by atoms with E-state index in [-0.39, 0.29) is 36.8 Å².